The summed E-state index contributed by atoms with van der Waals surface area (Å²) in [4.78, 5) is 44.8. The molecule has 1 aliphatic heterocycles. The molecule has 0 unspecified atom stereocenters. The molecule has 146 valence electrons. The summed E-state index contributed by atoms with van der Waals surface area (Å²) in [5.41, 5.74) is 2.17. The Morgan fingerprint density at radius 3 is 2.93 bits per heavy atom. The Labute approximate surface area is 160 Å². The largest absolute Gasteiger partial charge is 0.419 e. The van der Waals surface area contributed by atoms with Crippen LogP contribution in [0.15, 0.2) is 38.3 Å². The van der Waals surface area contributed by atoms with Crippen LogP contribution in [-0.4, -0.2) is 38.6 Å². The van der Waals surface area contributed by atoms with Gasteiger partial charge in [-0.2, -0.15) is 0 Å². The van der Waals surface area contributed by atoms with Crippen LogP contribution in [0.2, 0.25) is 0 Å². The van der Waals surface area contributed by atoms with E-state index >= 15 is 0 Å². The number of benzene rings is 1. The summed E-state index contributed by atoms with van der Waals surface area (Å²) in [6.07, 6.45) is 1.71. The van der Waals surface area contributed by atoms with E-state index in [1.54, 1.807) is 37.1 Å². The zero-order valence-electron chi connectivity index (χ0n) is 15.7. The van der Waals surface area contributed by atoms with Crippen molar-refractivity contribution in [2.24, 2.45) is 7.05 Å². The van der Waals surface area contributed by atoms with E-state index in [0.717, 1.165) is 12.8 Å². The van der Waals surface area contributed by atoms with Crippen LogP contribution in [0.3, 0.4) is 0 Å². The molecule has 0 spiro atoms. The fourth-order valence-electron chi connectivity index (χ4n) is 3.63. The van der Waals surface area contributed by atoms with Crippen molar-refractivity contribution in [2.45, 2.75) is 25.7 Å². The van der Waals surface area contributed by atoms with Gasteiger partial charge in [0.05, 0.1) is 11.2 Å². The Morgan fingerprint density at radius 1 is 1.32 bits per heavy atom. The van der Waals surface area contributed by atoms with Crippen LogP contribution >= 0.6 is 0 Å². The molecule has 0 aliphatic carbocycles. The normalized spacial score (nSPS) is 17.1. The number of rotatable bonds is 2. The van der Waals surface area contributed by atoms with Crippen LogP contribution < -0.4 is 16.6 Å². The van der Waals surface area contributed by atoms with Gasteiger partial charge in [0.25, 0.3) is 5.56 Å². The van der Waals surface area contributed by atoms with Crippen molar-refractivity contribution >= 4 is 22.8 Å². The summed E-state index contributed by atoms with van der Waals surface area (Å²) >= 11 is 0. The number of fused-ring (bicyclic) bond motifs is 1. The molecule has 28 heavy (non-hydrogen) atoms. The number of carbonyl (C=O) groups excluding carboxylic acids is 1. The molecule has 1 aliphatic rings. The van der Waals surface area contributed by atoms with Crippen LogP contribution in [0.5, 0.6) is 0 Å². The first kappa shape index (κ1) is 18.0. The monoisotopic (exact) mass is 383 g/mol. The quantitative estimate of drug-likeness (QED) is 0.702. The average molecular weight is 383 g/mol. The minimum absolute atomic E-state index is 0.0233. The molecule has 3 heterocycles. The highest BCUT2D eigenvalue weighted by Crippen LogP contribution is 2.26. The molecule has 2 N–H and O–H groups in total. The average Bonchev–Trinajstić information content (AvgIpc) is 2.94. The number of piperidine rings is 1. The first-order valence-corrected chi connectivity index (χ1v) is 9.14. The first-order chi connectivity index (χ1) is 13.4. The number of nitrogens with one attached hydrogen (secondary N) is 2. The lowest BCUT2D eigenvalue weighted by Crippen LogP contribution is -2.42. The highest BCUT2D eigenvalue weighted by atomic mass is 16.4. The summed E-state index contributed by atoms with van der Waals surface area (Å²) in [6, 6.07) is 6.38. The predicted molar refractivity (Wildman–Crippen MR) is 104 cm³/mol. The molecule has 3 aromatic rings. The minimum atomic E-state index is -0.446. The van der Waals surface area contributed by atoms with Gasteiger partial charge in [-0.15, -0.1) is 0 Å². The minimum Gasteiger partial charge on any atom is -0.408 e. The summed E-state index contributed by atoms with van der Waals surface area (Å²) in [5.74, 6) is 0.148. The molecule has 0 radical (unpaired) electrons. The zero-order chi connectivity index (χ0) is 19.8. The molecule has 0 bridgehead atoms. The number of aryl methyl sites for hydroxylation is 2. The van der Waals surface area contributed by atoms with E-state index in [0.29, 0.717) is 41.4 Å². The van der Waals surface area contributed by atoms with E-state index in [1.165, 1.54) is 10.6 Å². The van der Waals surface area contributed by atoms with Gasteiger partial charge < -0.3 is 19.6 Å². The number of amides is 2. The second kappa shape index (κ2) is 6.99. The number of oxazole rings is 1. The van der Waals surface area contributed by atoms with Gasteiger partial charge in [0.15, 0.2) is 5.58 Å². The number of hydrogen-bond donors (Lipinski definition) is 2. The molecule has 1 fully saturated rings. The fourth-order valence-corrected chi connectivity index (χ4v) is 3.63. The number of carbonyl (C=O) groups is 1. The van der Waals surface area contributed by atoms with Crippen LogP contribution in [-0.2, 0) is 7.05 Å². The molecular formula is C19H21N5O4. The topological polar surface area (TPSA) is 113 Å². The van der Waals surface area contributed by atoms with Gasteiger partial charge >= 0.3 is 11.8 Å². The van der Waals surface area contributed by atoms with Crippen molar-refractivity contribution in [3.8, 4) is 0 Å². The maximum atomic E-state index is 12.7. The molecule has 2 aromatic heterocycles. The molecule has 9 heteroatoms. The Morgan fingerprint density at radius 2 is 2.14 bits per heavy atom. The zero-order valence-corrected chi connectivity index (χ0v) is 15.7. The van der Waals surface area contributed by atoms with Gasteiger partial charge in [-0.05, 0) is 31.9 Å². The second-order valence-corrected chi connectivity index (χ2v) is 7.08. The molecular weight excluding hydrogens is 362 g/mol. The van der Waals surface area contributed by atoms with E-state index in [-0.39, 0.29) is 17.5 Å². The lowest BCUT2D eigenvalue weighted by atomic mass is 9.94. The van der Waals surface area contributed by atoms with Crippen molar-refractivity contribution in [1.82, 2.24) is 19.4 Å². The van der Waals surface area contributed by atoms with Gasteiger partial charge in [0.2, 0.25) is 0 Å². The number of hydrogen-bond acceptors (Lipinski definition) is 5. The van der Waals surface area contributed by atoms with Gasteiger partial charge in [-0.1, -0.05) is 0 Å². The Balaban J connectivity index is 1.50. The highest BCUT2D eigenvalue weighted by Gasteiger charge is 2.26. The van der Waals surface area contributed by atoms with Gasteiger partial charge in [0, 0.05) is 43.9 Å². The fraction of sp³-hybridized carbons (Fsp3) is 0.368. The third-order valence-electron chi connectivity index (χ3n) is 5.05. The highest BCUT2D eigenvalue weighted by molar-refractivity contribution is 5.91. The second-order valence-electron chi connectivity index (χ2n) is 7.08. The molecule has 0 saturated carbocycles. The predicted octanol–water partition coefficient (Wildman–Crippen LogP) is 1.93. The van der Waals surface area contributed by atoms with E-state index in [2.05, 4.69) is 15.3 Å². The number of aromatic amines is 1. The van der Waals surface area contributed by atoms with E-state index in [9.17, 15) is 14.4 Å². The maximum Gasteiger partial charge on any atom is 0.419 e. The first-order valence-electron chi connectivity index (χ1n) is 9.14. The smallest absolute Gasteiger partial charge is 0.408 e. The number of H-pyrrole nitrogens is 1. The Bertz CT molecular complexity index is 1160. The number of aromatic nitrogens is 3. The molecule has 1 atom stereocenters. The number of urea groups is 1. The van der Waals surface area contributed by atoms with Crippen LogP contribution in [0, 0.1) is 6.92 Å². The number of likely N-dealkylation sites (tertiary alicyclic amines) is 1. The molecule has 1 aromatic carbocycles. The van der Waals surface area contributed by atoms with Crippen molar-refractivity contribution in [1.29, 1.82) is 0 Å². The van der Waals surface area contributed by atoms with Crippen LogP contribution in [0.25, 0.3) is 11.1 Å². The Kier molecular flexibility index (Phi) is 4.50. The molecule has 1 saturated heterocycles. The van der Waals surface area contributed by atoms with Crippen molar-refractivity contribution < 1.29 is 9.21 Å². The molecule has 2 amide bonds. The van der Waals surface area contributed by atoms with Crippen molar-refractivity contribution in [3.05, 3.63) is 56.7 Å². The maximum absolute atomic E-state index is 12.7. The van der Waals surface area contributed by atoms with Gasteiger partial charge in [-0.25, -0.2) is 14.6 Å². The van der Waals surface area contributed by atoms with Crippen LogP contribution in [0.1, 0.15) is 30.3 Å². The van der Waals surface area contributed by atoms with Gasteiger partial charge in [0.1, 0.15) is 5.82 Å². The van der Waals surface area contributed by atoms with Crippen molar-refractivity contribution in [3.63, 3.8) is 0 Å². The lowest BCUT2D eigenvalue weighted by molar-refractivity contribution is 0.192. The van der Waals surface area contributed by atoms with E-state index < -0.39 is 5.76 Å². The molecule has 9 nitrogen and oxygen atoms in total. The Hall–Kier alpha value is -3.36. The van der Waals surface area contributed by atoms with Gasteiger partial charge in [-0.3, -0.25) is 9.36 Å². The SMILES string of the molecule is Cc1nc([C@@H]2CCCN(C(=O)Nc3ccc4c(c3)oc(=O)n4C)C2)cc(=O)[nH]1. The third-order valence-corrected chi connectivity index (χ3v) is 5.05. The van der Waals surface area contributed by atoms with Crippen molar-refractivity contribution in [2.75, 3.05) is 18.4 Å². The summed E-state index contributed by atoms with van der Waals surface area (Å²) in [6.45, 7) is 2.87. The van der Waals surface area contributed by atoms with Crippen LogP contribution in [0.4, 0.5) is 10.5 Å². The third kappa shape index (κ3) is 3.42. The number of nitrogens with zero attached hydrogens (tertiary/aromatic N) is 3. The van der Waals surface area contributed by atoms with E-state index in [4.69, 9.17) is 4.42 Å². The van der Waals surface area contributed by atoms with E-state index in [1.807, 2.05) is 0 Å². The standard InChI is InChI=1S/C19H21N5O4/c1-11-20-14(9-17(25)21-11)12-4-3-7-24(10-12)18(26)22-13-5-6-15-16(8-13)28-19(27)23(15)2/h5-6,8-9,12H,3-4,7,10H2,1-2H3,(H,22,26)(H,20,21,25)/t12-/m1/s1. The lowest BCUT2D eigenvalue weighted by Gasteiger charge is -2.32. The summed E-state index contributed by atoms with van der Waals surface area (Å²) in [5, 5.41) is 2.85. The molecule has 4 rings (SSSR count). The number of anilines is 1. The summed E-state index contributed by atoms with van der Waals surface area (Å²) < 4.78 is 6.57. The summed E-state index contributed by atoms with van der Waals surface area (Å²) in [7, 11) is 1.63.